The third kappa shape index (κ3) is 5.57. The fourth-order valence-electron chi connectivity index (χ4n) is 3.24. The second-order valence-corrected chi connectivity index (χ2v) is 8.88. The van der Waals surface area contributed by atoms with Gasteiger partial charge in [0.05, 0.1) is 24.7 Å². The molecular weight excluding hydrogens is 434 g/mol. The highest BCUT2D eigenvalue weighted by Crippen LogP contribution is 2.26. The van der Waals surface area contributed by atoms with Gasteiger partial charge in [-0.2, -0.15) is 14.1 Å². The quantitative estimate of drug-likeness (QED) is 0.545. The molecule has 1 fully saturated rings. The van der Waals surface area contributed by atoms with Crippen molar-refractivity contribution in [1.82, 2.24) is 14.1 Å². The lowest BCUT2D eigenvalue weighted by Gasteiger charge is -2.35. The fourth-order valence-corrected chi connectivity index (χ4v) is 4.07. The van der Waals surface area contributed by atoms with Crippen LogP contribution in [0.25, 0.3) is 5.69 Å². The Morgan fingerprint density at radius 1 is 1.06 bits per heavy atom. The van der Waals surface area contributed by atoms with Crippen molar-refractivity contribution >= 4 is 15.7 Å². The van der Waals surface area contributed by atoms with E-state index in [-0.39, 0.29) is 37.7 Å². The summed E-state index contributed by atoms with van der Waals surface area (Å²) in [4.78, 5) is 14.9. The van der Waals surface area contributed by atoms with Crippen LogP contribution in [0.1, 0.15) is 6.92 Å². The Hall–Kier alpha value is -2.57. The van der Waals surface area contributed by atoms with Crippen LogP contribution in [0.4, 0.5) is 14.5 Å². The van der Waals surface area contributed by atoms with Crippen molar-refractivity contribution in [2.75, 3.05) is 57.2 Å². The largest absolute Gasteiger partial charge is 0.484 e. The molecule has 1 aliphatic rings. The smallest absolute Gasteiger partial charge is 0.316 e. The van der Waals surface area contributed by atoms with E-state index in [1.165, 1.54) is 10.5 Å². The molecule has 12 heteroatoms. The minimum absolute atomic E-state index is 0.0489. The molecule has 170 valence electrons. The average Bonchev–Trinajstić information content (AvgIpc) is 2.70. The highest BCUT2D eigenvalue weighted by Gasteiger charge is 2.27. The van der Waals surface area contributed by atoms with Crippen molar-refractivity contribution in [2.45, 2.75) is 6.92 Å². The van der Waals surface area contributed by atoms with Crippen LogP contribution in [0.3, 0.4) is 0 Å². The summed E-state index contributed by atoms with van der Waals surface area (Å²) in [7, 11) is -3.31. The van der Waals surface area contributed by atoms with Gasteiger partial charge in [0, 0.05) is 38.9 Å². The molecule has 0 radical (unpaired) electrons. The molecule has 0 aliphatic carbocycles. The highest BCUT2D eigenvalue weighted by atomic mass is 32.2. The second-order valence-electron chi connectivity index (χ2n) is 6.90. The molecule has 0 spiro atoms. The Bertz CT molecular complexity index is 1060. The van der Waals surface area contributed by atoms with E-state index in [2.05, 4.69) is 5.10 Å². The number of anilines is 1. The number of nitrogens with zero attached hydrogens (tertiary/aromatic N) is 4. The van der Waals surface area contributed by atoms with Crippen LogP contribution in [0.5, 0.6) is 5.75 Å². The van der Waals surface area contributed by atoms with Crippen LogP contribution in [-0.4, -0.2) is 74.8 Å². The molecule has 0 N–H and O–H groups in total. The first-order chi connectivity index (χ1) is 14.7. The molecule has 1 aromatic heterocycles. The third-order valence-corrected chi connectivity index (χ3v) is 6.04. The third-order valence-electron chi connectivity index (χ3n) is 4.73. The molecule has 0 amide bonds. The van der Waals surface area contributed by atoms with E-state index in [0.717, 1.165) is 23.1 Å². The number of hydrogen-bond donors (Lipinski definition) is 0. The normalized spacial score (nSPS) is 15.3. The Kier molecular flexibility index (Phi) is 7.23. The first kappa shape index (κ1) is 23.1. The summed E-state index contributed by atoms with van der Waals surface area (Å²) in [5.74, 6) is -1.74. The van der Waals surface area contributed by atoms with Gasteiger partial charge >= 0.3 is 5.56 Å². The lowest BCUT2D eigenvalue weighted by Crippen LogP contribution is -2.48. The number of piperazine rings is 1. The molecule has 3 rings (SSSR count). The Morgan fingerprint density at radius 2 is 1.71 bits per heavy atom. The van der Waals surface area contributed by atoms with Gasteiger partial charge in [-0.25, -0.2) is 17.2 Å². The number of sulfonamides is 1. The van der Waals surface area contributed by atoms with Gasteiger partial charge in [0.2, 0.25) is 15.8 Å². The zero-order valence-electron chi connectivity index (χ0n) is 17.3. The first-order valence-electron chi connectivity index (χ1n) is 9.70. The molecule has 1 aliphatic heterocycles. The zero-order valence-corrected chi connectivity index (χ0v) is 18.1. The topological polar surface area (TPSA) is 94.0 Å². The van der Waals surface area contributed by atoms with Crippen molar-refractivity contribution in [3.63, 3.8) is 0 Å². The van der Waals surface area contributed by atoms with Crippen LogP contribution in [0, 0.1) is 11.6 Å². The molecule has 1 saturated heterocycles. The summed E-state index contributed by atoms with van der Waals surface area (Å²) in [5, 5.41) is 4.06. The van der Waals surface area contributed by atoms with Crippen molar-refractivity contribution in [3.8, 4) is 11.4 Å². The molecule has 0 saturated carbocycles. The van der Waals surface area contributed by atoms with E-state index in [9.17, 15) is 22.0 Å². The zero-order chi connectivity index (χ0) is 22.6. The molecule has 2 aromatic rings. The number of hydrogen-bond acceptors (Lipinski definition) is 7. The number of aromatic nitrogens is 2. The summed E-state index contributed by atoms with van der Waals surface area (Å²) in [6.45, 7) is 3.78. The lowest BCUT2D eigenvalue weighted by atomic mass is 10.2. The van der Waals surface area contributed by atoms with Crippen molar-refractivity contribution < 1.29 is 26.7 Å². The van der Waals surface area contributed by atoms with Gasteiger partial charge in [-0.1, -0.05) is 0 Å². The molecule has 0 unspecified atom stereocenters. The van der Waals surface area contributed by atoms with Gasteiger partial charge < -0.3 is 14.4 Å². The molecule has 2 heterocycles. The van der Waals surface area contributed by atoms with Gasteiger partial charge in [-0.05, 0) is 19.1 Å². The van der Waals surface area contributed by atoms with Crippen LogP contribution in [0.15, 0.2) is 29.2 Å². The number of rotatable bonds is 8. The van der Waals surface area contributed by atoms with Gasteiger partial charge in [-0.3, -0.25) is 4.79 Å². The second kappa shape index (κ2) is 9.71. The van der Waals surface area contributed by atoms with E-state index >= 15 is 0 Å². The monoisotopic (exact) mass is 458 g/mol. The predicted molar refractivity (Wildman–Crippen MR) is 110 cm³/mol. The van der Waals surface area contributed by atoms with E-state index < -0.39 is 27.2 Å². The van der Waals surface area contributed by atoms with E-state index in [1.807, 2.05) is 6.92 Å². The van der Waals surface area contributed by atoms with Crippen LogP contribution in [0.2, 0.25) is 0 Å². The molecule has 0 bridgehead atoms. The molecule has 1 aromatic carbocycles. The summed E-state index contributed by atoms with van der Waals surface area (Å²) < 4.78 is 63.9. The Morgan fingerprint density at radius 3 is 2.29 bits per heavy atom. The summed E-state index contributed by atoms with van der Waals surface area (Å²) >= 11 is 0. The van der Waals surface area contributed by atoms with Crippen molar-refractivity contribution in [3.05, 3.63) is 46.4 Å². The maximum absolute atomic E-state index is 13.6. The SMILES string of the molecule is CCOCCOc1c(N2CCN(S(C)(=O)=O)CC2)cnn(-c2cc(F)cc(F)c2)c1=O. The lowest BCUT2D eigenvalue weighted by molar-refractivity contribution is 0.109. The average molecular weight is 458 g/mol. The summed E-state index contributed by atoms with van der Waals surface area (Å²) in [5.41, 5.74) is -0.391. The highest BCUT2D eigenvalue weighted by molar-refractivity contribution is 7.88. The van der Waals surface area contributed by atoms with Crippen LogP contribution >= 0.6 is 0 Å². The minimum Gasteiger partial charge on any atom is -0.484 e. The number of ether oxygens (including phenoxy) is 2. The first-order valence-corrected chi connectivity index (χ1v) is 11.5. The minimum atomic E-state index is -3.31. The van der Waals surface area contributed by atoms with Crippen molar-refractivity contribution in [2.24, 2.45) is 0 Å². The number of halogens is 2. The summed E-state index contributed by atoms with van der Waals surface area (Å²) in [6.07, 6.45) is 2.52. The van der Waals surface area contributed by atoms with Crippen LogP contribution in [-0.2, 0) is 14.8 Å². The van der Waals surface area contributed by atoms with E-state index in [1.54, 1.807) is 4.90 Å². The van der Waals surface area contributed by atoms with Gasteiger partial charge in [0.15, 0.2) is 0 Å². The predicted octanol–water partition coefficient (Wildman–Crippen LogP) is 1.01. The van der Waals surface area contributed by atoms with Gasteiger partial charge in [0.25, 0.3) is 0 Å². The fraction of sp³-hybridized carbons (Fsp3) is 0.474. The number of benzene rings is 1. The summed E-state index contributed by atoms with van der Waals surface area (Å²) in [6, 6.07) is 2.68. The Labute approximate surface area is 178 Å². The molecule has 31 heavy (non-hydrogen) atoms. The Balaban J connectivity index is 1.95. The standard InChI is InChI=1S/C19H24F2N4O5S/c1-3-29-8-9-30-18-17(23-4-6-24(7-5-23)31(2,27)28)13-22-25(19(18)26)16-11-14(20)10-15(21)12-16/h10-13H,3-9H2,1-2H3. The maximum atomic E-state index is 13.6. The van der Waals surface area contributed by atoms with Gasteiger partial charge in [-0.15, -0.1) is 0 Å². The van der Waals surface area contributed by atoms with Crippen LogP contribution < -0.4 is 15.2 Å². The maximum Gasteiger partial charge on any atom is 0.316 e. The van der Waals surface area contributed by atoms with E-state index in [0.29, 0.717) is 31.5 Å². The van der Waals surface area contributed by atoms with Crippen molar-refractivity contribution in [1.29, 1.82) is 0 Å². The van der Waals surface area contributed by atoms with Gasteiger partial charge in [0.1, 0.15) is 23.9 Å². The molecular formula is C19H24F2N4O5S. The van der Waals surface area contributed by atoms with E-state index in [4.69, 9.17) is 9.47 Å². The molecule has 0 atom stereocenters. The molecule has 9 nitrogen and oxygen atoms in total.